The maximum absolute atomic E-state index is 14.4. The molecule has 0 saturated carbocycles. The Morgan fingerprint density at radius 3 is 2.71 bits per heavy atom. The maximum atomic E-state index is 14.4. The third kappa shape index (κ3) is 3.78. The van der Waals surface area contributed by atoms with Crippen molar-refractivity contribution in [1.82, 2.24) is 20.3 Å². The summed E-state index contributed by atoms with van der Waals surface area (Å²) in [6, 6.07) is 1.45. The third-order valence-electron chi connectivity index (χ3n) is 4.17. The molecule has 3 aromatic heterocycles. The van der Waals surface area contributed by atoms with Crippen LogP contribution in [0.25, 0.3) is 22.2 Å². The number of aromatic nitrogens is 3. The Labute approximate surface area is 161 Å². The van der Waals surface area contributed by atoms with Crippen molar-refractivity contribution in [3.63, 3.8) is 0 Å². The first kappa shape index (κ1) is 20.0. The lowest BCUT2D eigenvalue weighted by molar-refractivity contribution is -0.141. The summed E-state index contributed by atoms with van der Waals surface area (Å²) in [6.07, 6.45) is 0.731. The molecule has 0 aliphatic rings. The fourth-order valence-corrected chi connectivity index (χ4v) is 2.77. The van der Waals surface area contributed by atoms with E-state index in [1.165, 1.54) is 31.6 Å². The van der Waals surface area contributed by atoms with Gasteiger partial charge in [-0.2, -0.15) is 13.2 Å². The van der Waals surface area contributed by atoms with Crippen LogP contribution in [0, 0.1) is 5.82 Å². The average molecular weight is 416 g/mol. The largest absolute Gasteiger partial charge is 0.405 e. The number of carbonyl (C=O) groups is 1. The Kier molecular flexibility index (Phi) is 5.02. The molecule has 0 radical (unpaired) electrons. The fourth-order valence-electron chi connectivity index (χ4n) is 2.63. The number of aromatic amines is 1. The molecule has 0 aromatic carbocycles. The first-order valence-corrected chi connectivity index (χ1v) is 8.29. The highest BCUT2D eigenvalue weighted by Gasteiger charge is 2.35. The number of nitrogens with zero attached hydrogens (tertiary/aromatic N) is 2. The molecule has 0 saturated heterocycles. The van der Waals surface area contributed by atoms with E-state index < -0.39 is 30.0 Å². The Balaban J connectivity index is 1.99. The van der Waals surface area contributed by atoms with E-state index in [9.17, 15) is 22.4 Å². The molecule has 3 aromatic rings. The van der Waals surface area contributed by atoms with E-state index >= 15 is 0 Å². The molecule has 0 spiro atoms. The summed E-state index contributed by atoms with van der Waals surface area (Å²) >= 11 is 5.79. The van der Waals surface area contributed by atoms with Crippen LogP contribution in [0.1, 0.15) is 12.5 Å². The standard InChI is InChI=1S/C17H14ClF4N5O/c1-16(23,15(28)27-7-17(20,21)22)9-2-8(3-24-4-9)10-5-25-14-12(10)13(19)11(18)6-26-14/h2-6H,7,23H2,1H3,(H,25,26)(H,27,28)/t16-/m0/s1. The van der Waals surface area contributed by atoms with E-state index in [0.717, 1.165) is 6.20 Å². The van der Waals surface area contributed by atoms with Gasteiger partial charge in [-0.1, -0.05) is 11.6 Å². The first-order valence-electron chi connectivity index (χ1n) is 7.91. The van der Waals surface area contributed by atoms with Crippen molar-refractivity contribution < 1.29 is 22.4 Å². The lowest BCUT2D eigenvalue weighted by atomic mass is 9.91. The monoisotopic (exact) mass is 415 g/mol. The minimum absolute atomic E-state index is 0.117. The van der Waals surface area contributed by atoms with Gasteiger partial charge in [-0.05, 0) is 13.0 Å². The zero-order valence-corrected chi connectivity index (χ0v) is 15.1. The zero-order valence-electron chi connectivity index (χ0n) is 14.4. The number of pyridine rings is 2. The van der Waals surface area contributed by atoms with Crippen molar-refractivity contribution in [3.8, 4) is 11.1 Å². The number of nitrogens with one attached hydrogen (secondary N) is 2. The average Bonchev–Trinajstić information content (AvgIpc) is 3.07. The first-order chi connectivity index (χ1) is 13.0. The summed E-state index contributed by atoms with van der Waals surface area (Å²) in [5.41, 5.74) is 5.31. The van der Waals surface area contributed by atoms with Gasteiger partial charge in [0.1, 0.15) is 17.7 Å². The molecule has 0 bridgehead atoms. The summed E-state index contributed by atoms with van der Waals surface area (Å²) in [6.45, 7) is -0.253. The molecule has 4 N–H and O–H groups in total. The van der Waals surface area contributed by atoms with E-state index in [-0.39, 0.29) is 21.6 Å². The third-order valence-corrected chi connectivity index (χ3v) is 4.43. The molecular weight excluding hydrogens is 402 g/mol. The van der Waals surface area contributed by atoms with Gasteiger partial charge in [0.05, 0.1) is 16.6 Å². The number of hydrogen-bond acceptors (Lipinski definition) is 4. The van der Waals surface area contributed by atoms with Crippen LogP contribution in [0.15, 0.2) is 30.9 Å². The van der Waals surface area contributed by atoms with E-state index in [4.69, 9.17) is 17.3 Å². The lowest BCUT2D eigenvalue weighted by Gasteiger charge is -2.24. The molecule has 1 amide bonds. The normalized spacial score (nSPS) is 14.1. The highest BCUT2D eigenvalue weighted by Crippen LogP contribution is 2.33. The number of hydrogen-bond donors (Lipinski definition) is 3. The van der Waals surface area contributed by atoms with Crippen molar-refractivity contribution in [1.29, 1.82) is 0 Å². The van der Waals surface area contributed by atoms with Crippen LogP contribution >= 0.6 is 11.6 Å². The Morgan fingerprint density at radius 1 is 1.32 bits per heavy atom. The molecule has 11 heteroatoms. The van der Waals surface area contributed by atoms with Crippen LogP contribution in [-0.2, 0) is 10.3 Å². The molecule has 0 aliphatic carbocycles. The van der Waals surface area contributed by atoms with E-state index in [1.807, 2.05) is 0 Å². The molecule has 3 heterocycles. The topological polar surface area (TPSA) is 96.7 Å². The lowest BCUT2D eigenvalue weighted by Crippen LogP contribution is -2.51. The SMILES string of the molecule is C[C@@](N)(C(=O)NCC(F)(F)F)c1cncc(-c2c[nH]c3ncc(Cl)c(F)c23)c1. The van der Waals surface area contributed by atoms with Crippen molar-refractivity contribution in [2.24, 2.45) is 5.73 Å². The highest BCUT2D eigenvalue weighted by molar-refractivity contribution is 6.31. The second-order valence-corrected chi connectivity index (χ2v) is 6.72. The zero-order chi connectivity index (χ0) is 20.7. The van der Waals surface area contributed by atoms with Crippen molar-refractivity contribution in [3.05, 3.63) is 47.3 Å². The van der Waals surface area contributed by atoms with Crippen LogP contribution in [0.4, 0.5) is 17.6 Å². The van der Waals surface area contributed by atoms with Crippen molar-refractivity contribution in [2.45, 2.75) is 18.6 Å². The molecule has 148 valence electrons. The molecule has 28 heavy (non-hydrogen) atoms. The molecule has 3 rings (SSSR count). The smallest absolute Gasteiger partial charge is 0.345 e. The number of halogens is 5. The predicted molar refractivity (Wildman–Crippen MR) is 94.9 cm³/mol. The summed E-state index contributed by atoms with van der Waals surface area (Å²) in [4.78, 5) is 22.9. The van der Waals surface area contributed by atoms with Gasteiger partial charge in [0, 0.05) is 35.3 Å². The van der Waals surface area contributed by atoms with Crippen LogP contribution in [0.5, 0.6) is 0 Å². The highest BCUT2D eigenvalue weighted by atomic mass is 35.5. The summed E-state index contributed by atoms with van der Waals surface area (Å²) < 4.78 is 51.5. The predicted octanol–water partition coefficient (Wildman–Crippen LogP) is 3.27. The van der Waals surface area contributed by atoms with E-state index in [1.54, 1.807) is 5.32 Å². The quantitative estimate of drug-likeness (QED) is 0.570. The van der Waals surface area contributed by atoms with Crippen LogP contribution in [-0.4, -0.2) is 33.6 Å². The molecular formula is C17H14ClF4N5O. The van der Waals surface area contributed by atoms with E-state index in [2.05, 4.69) is 15.0 Å². The molecule has 0 unspecified atom stereocenters. The molecule has 0 aliphatic heterocycles. The van der Waals surface area contributed by atoms with E-state index in [0.29, 0.717) is 11.1 Å². The number of alkyl halides is 3. The number of nitrogens with two attached hydrogens (primary N) is 1. The van der Waals surface area contributed by atoms with Gasteiger partial charge in [0.25, 0.3) is 0 Å². The van der Waals surface area contributed by atoms with Gasteiger partial charge in [0.15, 0.2) is 5.82 Å². The molecule has 1 atom stereocenters. The van der Waals surface area contributed by atoms with Crippen molar-refractivity contribution >= 4 is 28.5 Å². The van der Waals surface area contributed by atoms with Crippen LogP contribution in [0.3, 0.4) is 0 Å². The Hall–Kier alpha value is -2.72. The Morgan fingerprint density at radius 2 is 2.04 bits per heavy atom. The van der Waals surface area contributed by atoms with Crippen LogP contribution < -0.4 is 11.1 Å². The van der Waals surface area contributed by atoms with Gasteiger partial charge < -0.3 is 16.0 Å². The number of rotatable bonds is 4. The number of amides is 1. The minimum atomic E-state index is -4.57. The minimum Gasteiger partial charge on any atom is -0.345 e. The second-order valence-electron chi connectivity index (χ2n) is 6.31. The number of H-pyrrole nitrogens is 1. The van der Waals surface area contributed by atoms with Gasteiger partial charge in [-0.15, -0.1) is 0 Å². The summed E-state index contributed by atoms with van der Waals surface area (Å²) in [5, 5.41) is 1.70. The van der Waals surface area contributed by atoms with Gasteiger partial charge in [0.2, 0.25) is 5.91 Å². The second kappa shape index (κ2) is 7.02. The van der Waals surface area contributed by atoms with Gasteiger partial charge in [-0.25, -0.2) is 9.37 Å². The maximum Gasteiger partial charge on any atom is 0.405 e. The van der Waals surface area contributed by atoms with Crippen LogP contribution in [0.2, 0.25) is 5.02 Å². The van der Waals surface area contributed by atoms with Gasteiger partial charge >= 0.3 is 6.18 Å². The van der Waals surface area contributed by atoms with Gasteiger partial charge in [-0.3, -0.25) is 9.78 Å². The summed E-state index contributed by atoms with van der Waals surface area (Å²) in [7, 11) is 0. The molecule has 6 nitrogen and oxygen atoms in total. The molecule has 0 fully saturated rings. The Bertz CT molecular complexity index is 1050. The summed E-state index contributed by atoms with van der Waals surface area (Å²) in [5.74, 6) is -1.72. The van der Waals surface area contributed by atoms with Crippen molar-refractivity contribution in [2.75, 3.05) is 6.54 Å². The number of carbonyl (C=O) groups excluding carboxylic acids is 1. The number of fused-ring (bicyclic) bond motifs is 1. The fraction of sp³-hybridized carbons (Fsp3) is 0.235.